The third kappa shape index (κ3) is 4.15. The lowest BCUT2D eigenvalue weighted by molar-refractivity contribution is 0.0916. The summed E-state index contributed by atoms with van der Waals surface area (Å²) in [6.07, 6.45) is 0. The molecule has 2 aromatic carbocycles. The minimum atomic E-state index is -0.412. The van der Waals surface area contributed by atoms with Gasteiger partial charge in [-0.1, -0.05) is 42.5 Å². The summed E-state index contributed by atoms with van der Waals surface area (Å²) in [4.78, 5) is 12.3. The number of amides is 1. The van der Waals surface area contributed by atoms with E-state index in [2.05, 4.69) is 5.32 Å². The standard InChI is InChI=1S/C17H19NO3/c1-21-12-13-6-5-9-15(10-13)17(20)18-16(11-19)14-7-3-2-4-8-14/h2-10,16,19H,11-12H2,1H3,(H,18,20). The van der Waals surface area contributed by atoms with Crippen LogP contribution >= 0.6 is 0 Å². The number of aliphatic hydroxyl groups excluding tert-OH is 1. The van der Waals surface area contributed by atoms with Crippen LogP contribution in [-0.2, 0) is 11.3 Å². The first-order chi connectivity index (χ1) is 10.2. The van der Waals surface area contributed by atoms with Crippen molar-refractivity contribution in [1.29, 1.82) is 0 Å². The molecule has 0 aromatic heterocycles. The Morgan fingerprint density at radius 2 is 1.95 bits per heavy atom. The lowest BCUT2D eigenvalue weighted by Crippen LogP contribution is -2.30. The second-order valence-electron chi connectivity index (χ2n) is 4.75. The van der Waals surface area contributed by atoms with Crippen LogP contribution in [0, 0.1) is 0 Å². The van der Waals surface area contributed by atoms with Crippen molar-refractivity contribution in [2.24, 2.45) is 0 Å². The number of aliphatic hydroxyl groups is 1. The van der Waals surface area contributed by atoms with Crippen LogP contribution in [0.25, 0.3) is 0 Å². The molecule has 0 aliphatic rings. The van der Waals surface area contributed by atoms with Gasteiger partial charge in [0.05, 0.1) is 19.3 Å². The topological polar surface area (TPSA) is 58.6 Å². The molecule has 2 aromatic rings. The maximum absolute atomic E-state index is 12.3. The van der Waals surface area contributed by atoms with Crippen molar-refractivity contribution < 1.29 is 14.6 Å². The number of rotatable bonds is 6. The number of hydrogen-bond donors (Lipinski definition) is 2. The third-order valence-electron chi connectivity index (χ3n) is 3.19. The molecular weight excluding hydrogens is 266 g/mol. The van der Waals surface area contributed by atoms with Gasteiger partial charge in [0.25, 0.3) is 5.91 Å². The lowest BCUT2D eigenvalue weighted by Gasteiger charge is -2.17. The summed E-state index contributed by atoms with van der Waals surface area (Å²) >= 11 is 0. The lowest BCUT2D eigenvalue weighted by atomic mass is 10.1. The number of hydrogen-bond acceptors (Lipinski definition) is 3. The molecule has 2 rings (SSSR count). The van der Waals surface area contributed by atoms with Crippen LogP contribution in [0.4, 0.5) is 0 Å². The van der Waals surface area contributed by atoms with Gasteiger partial charge in [-0.25, -0.2) is 0 Å². The molecular formula is C17H19NO3. The smallest absolute Gasteiger partial charge is 0.251 e. The number of methoxy groups -OCH3 is 1. The predicted octanol–water partition coefficient (Wildman–Crippen LogP) is 2.30. The molecule has 1 atom stereocenters. The van der Waals surface area contributed by atoms with Gasteiger partial charge in [-0.2, -0.15) is 0 Å². The highest BCUT2D eigenvalue weighted by Crippen LogP contribution is 2.13. The highest BCUT2D eigenvalue weighted by molar-refractivity contribution is 5.94. The van der Waals surface area contributed by atoms with E-state index in [1.54, 1.807) is 19.2 Å². The largest absolute Gasteiger partial charge is 0.394 e. The first-order valence-corrected chi connectivity index (χ1v) is 6.79. The second kappa shape index (κ2) is 7.57. The minimum Gasteiger partial charge on any atom is -0.394 e. The molecule has 110 valence electrons. The number of nitrogens with one attached hydrogen (secondary N) is 1. The molecule has 4 heteroatoms. The van der Waals surface area contributed by atoms with E-state index in [-0.39, 0.29) is 12.5 Å². The number of benzene rings is 2. The van der Waals surface area contributed by atoms with Gasteiger partial charge in [0.15, 0.2) is 0 Å². The van der Waals surface area contributed by atoms with E-state index < -0.39 is 6.04 Å². The average Bonchev–Trinajstić information content (AvgIpc) is 2.54. The molecule has 2 N–H and O–H groups in total. The van der Waals surface area contributed by atoms with Crippen molar-refractivity contribution in [3.63, 3.8) is 0 Å². The summed E-state index contributed by atoms with van der Waals surface area (Å²) in [5.41, 5.74) is 2.37. The second-order valence-corrected chi connectivity index (χ2v) is 4.75. The fourth-order valence-electron chi connectivity index (χ4n) is 2.13. The molecule has 4 nitrogen and oxygen atoms in total. The molecule has 0 radical (unpaired) electrons. The molecule has 21 heavy (non-hydrogen) atoms. The van der Waals surface area contributed by atoms with E-state index in [9.17, 15) is 9.90 Å². The highest BCUT2D eigenvalue weighted by atomic mass is 16.5. The van der Waals surface area contributed by atoms with Crippen LogP contribution in [0.15, 0.2) is 54.6 Å². The first-order valence-electron chi connectivity index (χ1n) is 6.79. The summed E-state index contributed by atoms with van der Waals surface area (Å²) < 4.78 is 5.06. The fourth-order valence-corrected chi connectivity index (χ4v) is 2.13. The van der Waals surface area contributed by atoms with E-state index in [1.165, 1.54) is 0 Å². The Morgan fingerprint density at radius 1 is 1.19 bits per heavy atom. The van der Waals surface area contributed by atoms with Gasteiger partial charge in [0.2, 0.25) is 0 Å². The van der Waals surface area contributed by atoms with Crippen molar-refractivity contribution in [3.8, 4) is 0 Å². The summed E-state index contributed by atoms with van der Waals surface area (Å²) in [6.45, 7) is 0.316. The van der Waals surface area contributed by atoms with Gasteiger partial charge in [-0.05, 0) is 23.3 Å². The van der Waals surface area contributed by atoms with Gasteiger partial charge < -0.3 is 15.2 Å². The summed E-state index contributed by atoms with van der Waals surface area (Å²) in [5, 5.41) is 12.3. The number of carbonyl (C=O) groups is 1. The van der Waals surface area contributed by atoms with E-state index >= 15 is 0 Å². The van der Waals surface area contributed by atoms with Crippen LogP contribution in [0.2, 0.25) is 0 Å². The molecule has 0 saturated heterocycles. The maximum Gasteiger partial charge on any atom is 0.251 e. The minimum absolute atomic E-state index is 0.145. The molecule has 0 heterocycles. The van der Waals surface area contributed by atoms with Crippen LogP contribution in [0.3, 0.4) is 0 Å². The molecule has 0 aliphatic carbocycles. The van der Waals surface area contributed by atoms with Crippen molar-refractivity contribution in [1.82, 2.24) is 5.32 Å². The Balaban J connectivity index is 2.11. The Bertz CT molecular complexity index is 584. The normalized spacial score (nSPS) is 11.9. The van der Waals surface area contributed by atoms with Gasteiger partial charge in [-0.3, -0.25) is 4.79 Å². The van der Waals surface area contributed by atoms with Gasteiger partial charge in [0.1, 0.15) is 0 Å². The van der Waals surface area contributed by atoms with Crippen LogP contribution in [0.5, 0.6) is 0 Å². The predicted molar refractivity (Wildman–Crippen MR) is 80.9 cm³/mol. The van der Waals surface area contributed by atoms with E-state index in [1.807, 2.05) is 42.5 Å². The Hall–Kier alpha value is -2.17. The monoisotopic (exact) mass is 285 g/mol. The quantitative estimate of drug-likeness (QED) is 0.856. The van der Waals surface area contributed by atoms with Crippen LogP contribution in [0.1, 0.15) is 27.5 Å². The van der Waals surface area contributed by atoms with Crippen molar-refractivity contribution in [3.05, 3.63) is 71.3 Å². The summed E-state index contributed by atoms with van der Waals surface area (Å²) in [6, 6.07) is 16.3. The van der Waals surface area contributed by atoms with E-state index in [0.717, 1.165) is 11.1 Å². The Morgan fingerprint density at radius 3 is 2.62 bits per heavy atom. The van der Waals surface area contributed by atoms with Crippen molar-refractivity contribution >= 4 is 5.91 Å². The molecule has 1 unspecified atom stereocenters. The van der Waals surface area contributed by atoms with Crippen LogP contribution < -0.4 is 5.32 Å². The number of carbonyl (C=O) groups excluding carboxylic acids is 1. The first kappa shape index (κ1) is 15.2. The van der Waals surface area contributed by atoms with Crippen LogP contribution in [-0.4, -0.2) is 24.7 Å². The molecule has 0 fully saturated rings. The molecule has 1 amide bonds. The maximum atomic E-state index is 12.3. The van der Waals surface area contributed by atoms with E-state index in [0.29, 0.717) is 12.2 Å². The van der Waals surface area contributed by atoms with Gasteiger partial charge >= 0.3 is 0 Å². The average molecular weight is 285 g/mol. The zero-order valence-electron chi connectivity index (χ0n) is 12.0. The van der Waals surface area contributed by atoms with Gasteiger partial charge in [0, 0.05) is 12.7 Å². The van der Waals surface area contributed by atoms with Gasteiger partial charge in [-0.15, -0.1) is 0 Å². The van der Waals surface area contributed by atoms with E-state index in [4.69, 9.17) is 4.74 Å². The highest BCUT2D eigenvalue weighted by Gasteiger charge is 2.14. The zero-order valence-corrected chi connectivity index (χ0v) is 12.0. The molecule has 0 spiro atoms. The molecule has 0 saturated carbocycles. The zero-order chi connectivity index (χ0) is 15.1. The fraction of sp³-hybridized carbons (Fsp3) is 0.235. The SMILES string of the molecule is COCc1cccc(C(=O)NC(CO)c2ccccc2)c1. The number of ether oxygens (including phenoxy) is 1. The Kier molecular flexibility index (Phi) is 5.49. The summed E-state index contributed by atoms with van der Waals surface area (Å²) in [7, 11) is 1.62. The van der Waals surface area contributed by atoms with Crippen molar-refractivity contribution in [2.75, 3.05) is 13.7 Å². The molecule has 0 aliphatic heterocycles. The Labute approximate surface area is 124 Å². The third-order valence-corrected chi connectivity index (χ3v) is 3.19. The summed E-state index contributed by atoms with van der Waals surface area (Å²) in [5.74, 6) is -0.212. The molecule has 0 bridgehead atoms. The van der Waals surface area contributed by atoms with Crippen molar-refractivity contribution in [2.45, 2.75) is 12.6 Å².